The third-order valence-corrected chi connectivity index (χ3v) is 4.29. The summed E-state index contributed by atoms with van der Waals surface area (Å²) in [4.78, 5) is -0.293. The first kappa shape index (κ1) is 18.8. The van der Waals surface area contributed by atoms with Gasteiger partial charge in [-0.3, -0.25) is 4.28 Å². The number of methoxy groups -OCH3 is 1. The second-order valence-electron chi connectivity index (χ2n) is 5.01. The van der Waals surface area contributed by atoms with Crippen molar-refractivity contribution in [3.8, 4) is 5.75 Å². The smallest absolute Gasteiger partial charge is 0.437 e. The van der Waals surface area contributed by atoms with Crippen molar-refractivity contribution in [3.05, 3.63) is 59.7 Å². The number of aryl methyl sites for hydroxylation is 1. The maximum Gasteiger partial charge on any atom is 0.437 e. The van der Waals surface area contributed by atoms with E-state index in [4.69, 9.17) is 4.74 Å². The molecule has 0 aromatic heterocycles. The number of hydrogen-bond donors (Lipinski definition) is 0. The molecule has 0 saturated carbocycles. The van der Waals surface area contributed by atoms with Crippen LogP contribution in [0.3, 0.4) is 0 Å². The van der Waals surface area contributed by atoms with Crippen LogP contribution < -0.4 is 4.74 Å². The quantitative estimate of drug-likeness (QED) is 0.592. The van der Waals surface area contributed by atoms with E-state index in [2.05, 4.69) is 9.44 Å². The number of nitrogens with zero attached hydrogens (tertiary/aromatic N) is 1. The number of alkyl halides is 3. The van der Waals surface area contributed by atoms with Gasteiger partial charge in [0.05, 0.1) is 7.11 Å². The monoisotopic (exact) mass is 373 g/mol. The molecule has 2 rings (SSSR count). The van der Waals surface area contributed by atoms with Crippen LogP contribution in [0.4, 0.5) is 13.2 Å². The van der Waals surface area contributed by atoms with E-state index in [1.54, 1.807) is 6.92 Å². The molecule has 2 aromatic carbocycles. The fourth-order valence-electron chi connectivity index (χ4n) is 1.85. The van der Waals surface area contributed by atoms with E-state index in [9.17, 15) is 21.6 Å². The Morgan fingerprint density at radius 2 is 1.56 bits per heavy atom. The Morgan fingerprint density at radius 1 is 1.00 bits per heavy atom. The van der Waals surface area contributed by atoms with Crippen LogP contribution in [0.25, 0.3) is 0 Å². The lowest BCUT2D eigenvalue weighted by atomic mass is 10.1. The number of rotatable bonds is 5. The number of ether oxygens (including phenoxy) is 1. The summed E-state index contributed by atoms with van der Waals surface area (Å²) in [5, 5.41) is 2.85. The molecule has 0 saturated heterocycles. The molecule has 0 spiro atoms. The van der Waals surface area contributed by atoms with Crippen molar-refractivity contribution in [1.29, 1.82) is 0 Å². The molecule has 25 heavy (non-hydrogen) atoms. The molecule has 0 radical (unpaired) electrons. The van der Waals surface area contributed by atoms with Gasteiger partial charge in [-0.05, 0) is 43.3 Å². The SMILES string of the molecule is COc1ccc(C(=NOS(=O)(=O)c2ccc(C)cc2)C(F)(F)F)cc1. The highest BCUT2D eigenvalue weighted by atomic mass is 32.2. The lowest BCUT2D eigenvalue weighted by Gasteiger charge is -2.11. The molecule has 9 heteroatoms. The van der Waals surface area contributed by atoms with E-state index in [-0.39, 0.29) is 10.5 Å². The third kappa shape index (κ3) is 4.72. The Kier molecular flexibility index (Phi) is 5.36. The number of hydrogen-bond acceptors (Lipinski definition) is 5. The van der Waals surface area contributed by atoms with Crippen LogP contribution in [-0.2, 0) is 14.4 Å². The van der Waals surface area contributed by atoms with Crippen molar-refractivity contribution in [2.24, 2.45) is 5.16 Å². The van der Waals surface area contributed by atoms with Crippen LogP contribution >= 0.6 is 0 Å². The van der Waals surface area contributed by atoms with Gasteiger partial charge in [-0.1, -0.05) is 22.9 Å². The minimum atomic E-state index is -4.91. The average Bonchev–Trinajstić information content (AvgIpc) is 2.54. The molecule has 0 amide bonds. The highest BCUT2D eigenvalue weighted by molar-refractivity contribution is 7.86. The molecule has 0 unspecified atom stereocenters. The normalized spacial score (nSPS) is 12.8. The molecule has 2 aromatic rings. The Morgan fingerprint density at radius 3 is 2.04 bits per heavy atom. The lowest BCUT2D eigenvalue weighted by molar-refractivity contribution is -0.0597. The minimum Gasteiger partial charge on any atom is -0.497 e. The Labute approximate surface area is 142 Å². The predicted octanol–water partition coefficient (Wildman–Crippen LogP) is 3.68. The average molecular weight is 373 g/mol. The van der Waals surface area contributed by atoms with Crippen molar-refractivity contribution in [2.45, 2.75) is 18.0 Å². The fourth-order valence-corrected chi connectivity index (χ4v) is 2.58. The van der Waals surface area contributed by atoms with Gasteiger partial charge in [0.1, 0.15) is 10.6 Å². The lowest BCUT2D eigenvalue weighted by Crippen LogP contribution is -2.25. The van der Waals surface area contributed by atoms with Gasteiger partial charge in [0, 0.05) is 5.56 Å². The predicted molar refractivity (Wildman–Crippen MR) is 85.0 cm³/mol. The molecule has 0 atom stereocenters. The minimum absolute atomic E-state index is 0.293. The summed E-state index contributed by atoms with van der Waals surface area (Å²) in [6.07, 6.45) is -4.91. The molecule has 0 aliphatic heterocycles. The molecule has 0 fully saturated rings. The maximum absolute atomic E-state index is 13.2. The van der Waals surface area contributed by atoms with E-state index >= 15 is 0 Å². The van der Waals surface area contributed by atoms with Crippen molar-refractivity contribution in [3.63, 3.8) is 0 Å². The van der Waals surface area contributed by atoms with E-state index in [0.29, 0.717) is 5.75 Å². The summed E-state index contributed by atoms with van der Waals surface area (Å²) in [7, 11) is -3.10. The second kappa shape index (κ2) is 7.14. The fraction of sp³-hybridized carbons (Fsp3) is 0.188. The van der Waals surface area contributed by atoms with Crippen molar-refractivity contribution in [1.82, 2.24) is 0 Å². The molecular formula is C16H14F3NO4S. The van der Waals surface area contributed by atoms with Gasteiger partial charge in [0.2, 0.25) is 0 Å². The van der Waals surface area contributed by atoms with Gasteiger partial charge in [0.25, 0.3) is 0 Å². The van der Waals surface area contributed by atoms with E-state index < -0.39 is 22.0 Å². The van der Waals surface area contributed by atoms with E-state index in [1.165, 1.54) is 43.5 Å². The van der Waals surface area contributed by atoms with Gasteiger partial charge < -0.3 is 4.74 Å². The zero-order valence-corrected chi connectivity index (χ0v) is 14.1. The summed E-state index contributed by atoms with van der Waals surface area (Å²) < 4.78 is 72.7. The van der Waals surface area contributed by atoms with E-state index in [0.717, 1.165) is 17.7 Å². The van der Waals surface area contributed by atoms with Crippen LogP contribution in [0.2, 0.25) is 0 Å². The van der Waals surface area contributed by atoms with Crippen LogP contribution in [0, 0.1) is 6.92 Å². The molecule has 0 heterocycles. The first-order chi connectivity index (χ1) is 11.6. The topological polar surface area (TPSA) is 65.0 Å². The van der Waals surface area contributed by atoms with Gasteiger partial charge >= 0.3 is 16.3 Å². The molecule has 0 bridgehead atoms. The second-order valence-corrected chi connectivity index (χ2v) is 6.54. The van der Waals surface area contributed by atoms with Gasteiger partial charge in [-0.2, -0.15) is 21.6 Å². The molecular weight excluding hydrogens is 359 g/mol. The largest absolute Gasteiger partial charge is 0.497 e. The summed E-state index contributed by atoms with van der Waals surface area (Å²) in [6, 6.07) is 10.2. The van der Waals surface area contributed by atoms with Gasteiger partial charge in [-0.25, -0.2) is 0 Å². The molecule has 5 nitrogen and oxygen atoms in total. The molecule has 0 N–H and O–H groups in total. The highest BCUT2D eigenvalue weighted by Crippen LogP contribution is 2.25. The first-order valence-corrected chi connectivity index (χ1v) is 8.34. The van der Waals surface area contributed by atoms with Crippen LogP contribution in [0.5, 0.6) is 5.75 Å². The Bertz CT molecular complexity index is 858. The summed E-state index contributed by atoms with van der Waals surface area (Å²) in [5.41, 5.74) is -1.03. The van der Waals surface area contributed by atoms with E-state index in [1.807, 2.05) is 0 Å². The maximum atomic E-state index is 13.2. The highest BCUT2D eigenvalue weighted by Gasteiger charge is 2.38. The van der Waals surface area contributed by atoms with Crippen LogP contribution in [-0.4, -0.2) is 27.4 Å². The standard InChI is InChI=1S/C16H14F3NO4S/c1-11-3-9-14(10-4-11)25(21,22)24-20-15(16(17,18)19)12-5-7-13(23-2)8-6-12/h3-10H,1-2H3. The molecule has 0 aliphatic rings. The number of halogens is 3. The summed E-state index contributed by atoms with van der Waals surface area (Å²) >= 11 is 0. The Hall–Kier alpha value is -2.55. The number of benzene rings is 2. The summed E-state index contributed by atoms with van der Waals surface area (Å²) in [6.45, 7) is 1.74. The van der Waals surface area contributed by atoms with Gasteiger partial charge in [-0.15, -0.1) is 0 Å². The molecule has 134 valence electrons. The van der Waals surface area contributed by atoms with Crippen molar-refractivity contribution in [2.75, 3.05) is 7.11 Å². The van der Waals surface area contributed by atoms with Crippen LogP contribution in [0.1, 0.15) is 11.1 Å². The summed E-state index contributed by atoms with van der Waals surface area (Å²) in [5.74, 6) is 0.346. The van der Waals surface area contributed by atoms with Crippen molar-refractivity contribution < 1.29 is 30.6 Å². The molecule has 0 aliphatic carbocycles. The third-order valence-electron chi connectivity index (χ3n) is 3.17. The van der Waals surface area contributed by atoms with Crippen molar-refractivity contribution >= 4 is 15.8 Å². The van der Waals surface area contributed by atoms with Crippen LogP contribution in [0.15, 0.2) is 58.6 Å². The number of oxime groups is 1. The zero-order chi connectivity index (χ0) is 18.7. The Balaban J connectivity index is 2.36. The first-order valence-electron chi connectivity index (χ1n) is 6.93. The zero-order valence-electron chi connectivity index (χ0n) is 13.2. The van der Waals surface area contributed by atoms with Gasteiger partial charge in [0.15, 0.2) is 5.71 Å².